The maximum Gasteiger partial charge on any atom is 0.223 e. The summed E-state index contributed by atoms with van der Waals surface area (Å²) in [5.41, 5.74) is 7.75. The first-order valence-corrected chi connectivity index (χ1v) is 6.01. The number of nitrogens with zero attached hydrogens (tertiary/aromatic N) is 2. The lowest BCUT2D eigenvalue weighted by Crippen LogP contribution is -2.05. The average Bonchev–Trinajstić information content (AvgIpc) is 2.40. The Labute approximate surface area is 107 Å². The van der Waals surface area contributed by atoms with Crippen LogP contribution >= 0.6 is 0 Å². The van der Waals surface area contributed by atoms with Gasteiger partial charge in [0.05, 0.1) is 6.61 Å². The van der Waals surface area contributed by atoms with Gasteiger partial charge in [0.1, 0.15) is 0 Å². The monoisotopic (exact) mass is 243 g/mol. The number of nitrogen functional groups attached to an aromatic ring is 1. The summed E-state index contributed by atoms with van der Waals surface area (Å²) in [4.78, 5) is 7.96. The van der Waals surface area contributed by atoms with E-state index in [0.29, 0.717) is 12.5 Å². The van der Waals surface area contributed by atoms with Crippen molar-refractivity contribution in [3.8, 4) is 5.88 Å². The summed E-state index contributed by atoms with van der Waals surface area (Å²) >= 11 is 0. The molecule has 18 heavy (non-hydrogen) atoms. The molecule has 0 aliphatic carbocycles. The molecule has 0 bridgehead atoms. The van der Waals surface area contributed by atoms with E-state index in [1.807, 2.05) is 25.1 Å². The first kappa shape index (κ1) is 12.4. The van der Waals surface area contributed by atoms with Crippen molar-refractivity contribution in [2.45, 2.75) is 19.8 Å². The molecule has 0 amide bonds. The van der Waals surface area contributed by atoms with Crippen molar-refractivity contribution in [3.05, 3.63) is 47.7 Å². The second-order valence-corrected chi connectivity index (χ2v) is 4.15. The lowest BCUT2D eigenvalue weighted by atomic mass is 10.1. The van der Waals surface area contributed by atoms with Crippen LogP contribution in [-0.4, -0.2) is 16.6 Å². The maximum atomic E-state index is 5.61. The smallest absolute Gasteiger partial charge is 0.223 e. The Bertz CT molecular complexity index is 500. The molecule has 0 aliphatic heterocycles. The van der Waals surface area contributed by atoms with Gasteiger partial charge in [-0.15, -0.1) is 0 Å². The summed E-state index contributed by atoms with van der Waals surface area (Å²) in [5, 5.41) is 0. The van der Waals surface area contributed by atoms with E-state index >= 15 is 0 Å². The topological polar surface area (TPSA) is 61.0 Å². The Morgan fingerprint density at radius 1 is 1.22 bits per heavy atom. The maximum absolute atomic E-state index is 5.61. The molecule has 1 aromatic carbocycles. The van der Waals surface area contributed by atoms with Crippen LogP contribution in [0, 0.1) is 6.92 Å². The fraction of sp³-hybridized carbons (Fsp3) is 0.286. The van der Waals surface area contributed by atoms with Gasteiger partial charge in [-0.05, 0) is 25.3 Å². The van der Waals surface area contributed by atoms with Crippen LogP contribution in [0.1, 0.15) is 17.5 Å². The summed E-state index contributed by atoms with van der Waals surface area (Å²) in [5.74, 6) is 0.828. The molecule has 0 atom stereocenters. The van der Waals surface area contributed by atoms with E-state index in [-0.39, 0.29) is 5.95 Å². The second kappa shape index (κ2) is 6.00. The zero-order chi connectivity index (χ0) is 12.8. The zero-order valence-electron chi connectivity index (χ0n) is 10.5. The lowest BCUT2D eigenvalue weighted by molar-refractivity contribution is 0.297. The van der Waals surface area contributed by atoms with Crippen LogP contribution in [0.15, 0.2) is 36.5 Å². The molecule has 0 saturated carbocycles. The number of aryl methyl sites for hydroxylation is 2. The standard InChI is InChI=1S/C14H17N3O/c1-11-10-16-14(15)17-13(11)18-9-5-8-12-6-3-2-4-7-12/h2-4,6-7,10H,5,8-9H2,1H3,(H2,15,16,17). The lowest BCUT2D eigenvalue weighted by Gasteiger charge is -2.07. The summed E-state index contributed by atoms with van der Waals surface area (Å²) in [6, 6.07) is 10.4. The highest BCUT2D eigenvalue weighted by Crippen LogP contribution is 2.14. The fourth-order valence-electron chi connectivity index (χ4n) is 1.68. The van der Waals surface area contributed by atoms with Crippen molar-refractivity contribution in [2.24, 2.45) is 0 Å². The van der Waals surface area contributed by atoms with Gasteiger partial charge in [0, 0.05) is 11.8 Å². The summed E-state index contributed by atoms with van der Waals surface area (Å²) in [6.07, 6.45) is 3.63. The van der Waals surface area contributed by atoms with Crippen LogP contribution in [0.25, 0.3) is 0 Å². The molecule has 4 heteroatoms. The SMILES string of the molecule is Cc1cnc(N)nc1OCCCc1ccccc1. The molecular formula is C14H17N3O. The number of hydrogen-bond acceptors (Lipinski definition) is 4. The average molecular weight is 243 g/mol. The molecule has 1 aromatic heterocycles. The first-order chi connectivity index (χ1) is 8.75. The molecule has 0 unspecified atom stereocenters. The predicted molar refractivity (Wildman–Crippen MR) is 71.4 cm³/mol. The number of hydrogen-bond donors (Lipinski definition) is 1. The Balaban J connectivity index is 1.80. The number of rotatable bonds is 5. The van der Waals surface area contributed by atoms with E-state index < -0.39 is 0 Å². The molecule has 4 nitrogen and oxygen atoms in total. The van der Waals surface area contributed by atoms with E-state index in [1.165, 1.54) is 5.56 Å². The summed E-state index contributed by atoms with van der Waals surface area (Å²) in [6.45, 7) is 2.54. The molecule has 0 radical (unpaired) electrons. The van der Waals surface area contributed by atoms with Gasteiger partial charge in [0.25, 0.3) is 0 Å². The molecule has 2 N–H and O–H groups in total. The summed E-state index contributed by atoms with van der Waals surface area (Å²) in [7, 11) is 0. The third-order valence-corrected chi connectivity index (χ3v) is 2.64. The highest BCUT2D eigenvalue weighted by atomic mass is 16.5. The molecule has 2 rings (SSSR count). The van der Waals surface area contributed by atoms with Gasteiger partial charge in [0.15, 0.2) is 0 Å². The minimum atomic E-state index is 0.249. The van der Waals surface area contributed by atoms with Gasteiger partial charge in [0.2, 0.25) is 11.8 Å². The number of ether oxygens (including phenoxy) is 1. The number of benzene rings is 1. The third kappa shape index (κ3) is 3.45. The molecule has 0 spiro atoms. The van der Waals surface area contributed by atoms with E-state index in [4.69, 9.17) is 10.5 Å². The third-order valence-electron chi connectivity index (χ3n) is 2.64. The Morgan fingerprint density at radius 2 is 2.00 bits per heavy atom. The Kier molecular flexibility index (Phi) is 4.12. The first-order valence-electron chi connectivity index (χ1n) is 6.01. The highest BCUT2D eigenvalue weighted by molar-refractivity contribution is 5.28. The molecule has 0 aliphatic rings. The highest BCUT2D eigenvalue weighted by Gasteiger charge is 2.02. The van der Waals surface area contributed by atoms with Crippen molar-refractivity contribution in [1.82, 2.24) is 9.97 Å². The second-order valence-electron chi connectivity index (χ2n) is 4.15. The zero-order valence-corrected chi connectivity index (χ0v) is 10.5. The van der Waals surface area contributed by atoms with Gasteiger partial charge >= 0.3 is 0 Å². The van der Waals surface area contributed by atoms with E-state index in [9.17, 15) is 0 Å². The van der Waals surface area contributed by atoms with Crippen molar-refractivity contribution in [3.63, 3.8) is 0 Å². The Morgan fingerprint density at radius 3 is 2.78 bits per heavy atom. The molecular weight excluding hydrogens is 226 g/mol. The molecule has 94 valence electrons. The van der Waals surface area contributed by atoms with Crippen molar-refractivity contribution >= 4 is 5.95 Å². The predicted octanol–water partition coefficient (Wildman–Crippen LogP) is 2.38. The van der Waals surface area contributed by atoms with Crippen LogP contribution in [0.5, 0.6) is 5.88 Å². The van der Waals surface area contributed by atoms with Crippen LogP contribution in [0.3, 0.4) is 0 Å². The minimum absolute atomic E-state index is 0.249. The molecule has 0 fully saturated rings. The van der Waals surface area contributed by atoms with Crippen molar-refractivity contribution < 1.29 is 4.74 Å². The van der Waals surface area contributed by atoms with Crippen LogP contribution in [0.4, 0.5) is 5.95 Å². The van der Waals surface area contributed by atoms with Crippen LogP contribution < -0.4 is 10.5 Å². The molecule has 2 aromatic rings. The van der Waals surface area contributed by atoms with Gasteiger partial charge < -0.3 is 10.5 Å². The van der Waals surface area contributed by atoms with E-state index in [2.05, 4.69) is 22.1 Å². The van der Waals surface area contributed by atoms with Crippen LogP contribution in [0.2, 0.25) is 0 Å². The van der Waals surface area contributed by atoms with Gasteiger partial charge in [-0.2, -0.15) is 4.98 Å². The number of nitrogens with two attached hydrogens (primary N) is 1. The normalized spacial score (nSPS) is 10.3. The van der Waals surface area contributed by atoms with Gasteiger partial charge in [-0.3, -0.25) is 0 Å². The molecule has 0 saturated heterocycles. The minimum Gasteiger partial charge on any atom is -0.477 e. The number of aromatic nitrogens is 2. The van der Waals surface area contributed by atoms with Crippen LogP contribution in [-0.2, 0) is 6.42 Å². The Hall–Kier alpha value is -2.10. The van der Waals surface area contributed by atoms with Gasteiger partial charge in [-0.1, -0.05) is 30.3 Å². The van der Waals surface area contributed by atoms with E-state index in [1.54, 1.807) is 6.20 Å². The van der Waals surface area contributed by atoms with Crippen molar-refractivity contribution in [1.29, 1.82) is 0 Å². The fourth-order valence-corrected chi connectivity index (χ4v) is 1.68. The van der Waals surface area contributed by atoms with Gasteiger partial charge in [-0.25, -0.2) is 4.98 Å². The van der Waals surface area contributed by atoms with Crippen molar-refractivity contribution in [2.75, 3.05) is 12.3 Å². The largest absolute Gasteiger partial charge is 0.477 e. The summed E-state index contributed by atoms with van der Waals surface area (Å²) < 4.78 is 5.61. The molecule has 1 heterocycles. The number of anilines is 1. The van der Waals surface area contributed by atoms with E-state index in [0.717, 1.165) is 18.4 Å². The quantitative estimate of drug-likeness (QED) is 0.819.